The van der Waals surface area contributed by atoms with Crippen molar-refractivity contribution in [2.24, 2.45) is 0 Å². The van der Waals surface area contributed by atoms with Gasteiger partial charge in [-0.05, 0) is 49.9 Å². The van der Waals surface area contributed by atoms with Gasteiger partial charge in [-0.25, -0.2) is 8.42 Å². The second kappa shape index (κ2) is 8.93. The number of rotatable bonds is 8. The molecular weight excluding hydrogens is 366 g/mol. The smallest absolute Gasteiger partial charge is 0.232 e. The maximum atomic E-state index is 12.2. The molecule has 2 aliphatic rings. The predicted molar refractivity (Wildman–Crippen MR) is 107 cm³/mol. The predicted octanol–water partition coefficient (Wildman–Crippen LogP) is 1.74. The van der Waals surface area contributed by atoms with Gasteiger partial charge in [-0.15, -0.1) is 0 Å². The number of anilines is 2. The molecular formula is C19H29N3O4S. The zero-order chi connectivity index (χ0) is 19.3. The Hall–Kier alpha value is -1.80. The number of nitrogens with zero attached hydrogens (tertiary/aromatic N) is 2. The van der Waals surface area contributed by atoms with Gasteiger partial charge in [0.05, 0.1) is 18.0 Å². The third-order valence-electron chi connectivity index (χ3n) is 5.10. The Labute approximate surface area is 161 Å². The first-order valence-electron chi connectivity index (χ1n) is 9.64. The second-order valence-electron chi connectivity index (χ2n) is 7.23. The van der Waals surface area contributed by atoms with Gasteiger partial charge in [0, 0.05) is 44.9 Å². The van der Waals surface area contributed by atoms with Crippen LogP contribution in [-0.4, -0.2) is 59.5 Å². The van der Waals surface area contributed by atoms with Crippen molar-refractivity contribution in [1.29, 1.82) is 0 Å². The fourth-order valence-electron chi connectivity index (χ4n) is 3.62. The maximum Gasteiger partial charge on any atom is 0.232 e. The van der Waals surface area contributed by atoms with Crippen LogP contribution in [0.2, 0.25) is 0 Å². The number of ether oxygens (including phenoxy) is 1. The lowest BCUT2D eigenvalue weighted by molar-refractivity contribution is -0.121. The van der Waals surface area contributed by atoms with Gasteiger partial charge in [0.1, 0.15) is 0 Å². The lowest BCUT2D eigenvalue weighted by Gasteiger charge is -2.24. The Bertz CT molecular complexity index is 724. The van der Waals surface area contributed by atoms with E-state index in [1.807, 2.05) is 24.3 Å². The summed E-state index contributed by atoms with van der Waals surface area (Å²) in [6.07, 6.45) is 5.74. The van der Waals surface area contributed by atoms with Crippen LogP contribution in [0.15, 0.2) is 24.3 Å². The summed E-state index contributed by atoms with van der Waals surface area (Å²) in [5.74, 6) is -0.159. The number of carbonyl (C=O) groups is 1. The molecule has 0 bridgehead atoms. The number of nitrogens with one attached hydrogen (secondary N) is 1. The van der Waals surface area contributed by atoms with E-state index < -0.39 is 10.0 Å². The van der Waals surface area contributed by atoms with Crippen molar-refractivity contribution in [2.75, 3.05) is 48.2 Å². The lowest BCUT2D eigenvalue weighted by atomic mass is 10.2. The van der Waals surface area contributed by atoms with Crippen molar-refractivity contribution >= 4 is 27.3 Å². The summed E-state index contributed by atoms with van der Waals surface area (Å²) in [7, 11) is -3.46. The van der Waals surface area contributed by atoms with Crippen molar-refractivity contribution in [3.05, 3.63) is 24.3 Å². The molecule has 3 rings (SSSR count). The minimum atomic E-state index is -3.46. The monoisotopic (exact) mass is 395 g/mol. The van der Waals surface area contributed by atoms with Crippen LogP contribution < -0.4 is 14.5 Å². The van der Waals surface area contributed by atoms with E-state index in [0.717, 1.165) is 38.2 Å². The fourth-order valence-corrected chi connectivity index (χ4v) is 4.54. The highest BCUT2D eigenvalue weighted by atomic mass is 32.2. The van der Waals surface area contributed by atoms with Gasteiger partial charge in [-0.3, -0.25) is 9.10 Å². The molecule has 2 aliphatic heterocycles. The highest BCUT2D eigenvalue weighted by Gasteiger charge is 2.21. The first-order chi connectivity index (χ1) is 12.9. The van der Waals surface area contributed by atoms with Gasteiger partial charge < -0.3 is 15.0 Å². The van der Waals surface area contributed by atoms with Crippen LogP contribution in [0.4, 0.5) is 11.4 Å². The summed E-state index contributed by atoms with van der Waals surface area (Å²) in [5.41, 5.74) is 1.70. The Morgan fingerprint density at radius 3 is 2.52 bits per heavy atom. The zero-order valence-electron chi connectivity index (χ0n) is 15.9. The molecule has 8 heteroatoms. The highest BCUT2D eigenvalue weighted by molar-refractivity contribution is 7.92. The van der Waals surface area contributed by atoms with Gasteiger partial charge in [0.15, 0.2) is 0 Å². The van der Waals surface area contributed by atoms with E-state index in [2.05, 4.69) is 10.2 Å². The number of benzene rings is 1. The Kier molecular flexibility index (Phi) is 6.59. The van der Waals surface area contributed by atoms with E-state index in [1.165, 1.54) is 23.4 Å². The molecule has 2 heterocycles. The average molecular weight is 396 g/mol. The molecule has 0 aromatic heterocycles. The minimum absolute atomic E-state index is 0.0816. The summed E-state index contributed by atoms with van der Waals surface area (Å²) in [6.45, 7) is 3.44. The van der Waals surface area contributed by atoms with Crippen LogP contribution in [0.5, 0.6) is 0 Å². The maximum absolute atomic E-state index is 12.2. The largest absolute Gasteiger partial charge is 0.376 e. The summed E-state index contributed by atoms with van der Waals surface area (Å²) in [4.78, 5) is 14.4. The van der Waals surface area contributed by atoms with Crippen molar-refractivity contribution in [1.82, 2.24) is 5.32 Å². The third-order valence-corrected chi connectivity index (χ3v) is 6.30. The summed E-state index contributed by atoms with van der Waals surface area (Å²) in [5, 5.41) is 2.84. The Balaban J connectivity index is 1.57. The van der Waals surface area contributed by atoms with Crippen molar-refractivity contribution in [3.63, 3.8) is 0 Å². The van der Waals surface area contributed by atoms with Crippen molar-refractivity contribution in [2.45, 2.75) is 38.2 Å². The van der Waals surface area contributed by atoms with Gasteiger partial charge in [0.2, 0.25) is 15.9 Å². The molecule has 0 saturated carbocycles. The van der Waals surface area contributed by atoms with Gasteiger partial charge in [-0.1, -0.05) is 0 Å². The summed E-state index contributed by atoms with van der Waals surface area (Å²) >= 11 is 0. The van der Waals surface area contributed by atoms with Crippen molar-refractivity contribution < 1.29 is 17.9 Å². The minimum Gasteiger partial charge on any atom is -0.376 e. The SMILES string of the molecule is CS(=O)(=O)N(CCC(=O)NCC1CCCO1)c1ccc(N2CCCC2)cc1. The van der Waals surface area contributed by atoms with E-state index >= 15 is 0 Å². The number of sulfonamides is 1. The molecule has 0 radical (unpaired) electrons. The normalized spacial score (nSPS) is 20.0. The van der Waals surface area contributed by atoms with Crippen LogP contribution >= 0.6 is 0 Å². The van der Waals surface area contributed by atoms with E-state index in [0.29, 0.717) is 12.2 Å². The molecule has 1 atom stereocenters. The molecule has 1 aromatic rings. The fraction of sp³-hybridized carbons (Fsp3) is 0.632. The summed E-state index contributed by atoms with van der Waals surface area (Å²) in [6, 6.07) is 7.55. The second-order valence-corrected chi connectivity index (χ2v) is 9.14. The quantitative estimate of drug-likeness (QED) is 0.725. The van der Waals surface area contributed by atoms with Gasteiger partial charge >= 0.3 is 0 Å². The number of amides is 1. The lowest BCUT2D eigenvalue weighted by Crippen LogP contribution is -2.36. The van der Waals surface area contributed by atoms with Crippen LogP contribution in [0.1, 0.15) is 32.1 Å². The summed E-state index contributed by atoms with van der Waals surface area (Å²) < 4.78 is 31.2. The molecule has 150 valence electrons. The van der Waals surface area contributed by atoms with Crippen LogP contribution in [0.3, 0.4) is 0 Å². The van der Waals surface area contributed by atoms with E-state index in [1.54, 1.807) is 0 Å². The third kappa shape index (κ3) is 5.59. The molecule has 0 spiro atoms. The van der Waals surface area contributed by atoms with E-state index in [-0.39, 0.29) is 25.0 Å². The Morgan fingerprint density at radius 1 is 1.22 bits per heavy atom. The number of hydrogen-bond acceptors (Lipinski definition) is 5. The molecule has 1 N–H and O–H groups in total. The van der Waals surface area contributed by atoms with E-state index in [9.17, 15) is 13.2 Å². The molecule has 7 nitrogen and oxygen atoms in total. The van der Waals surface area contributed by atoms with Crippen LogP contribution in [0.25, 0.3) is 0 Å². The molecule has 2 fully saturated rings. The van der Waals surface area contributed by atoms with Gasteiger partial charge in [0.25, 0.3) is 0 Å². The van der Waals surface area contributed by atoms with E-state index in [4.69, 9.17) is 4.74 Å². The molecule has 0 aliphatic carbocycles. The molecule has 1 amide bonds. The molecule has 2 saturated heterocycles. The van der Waals surface area contributed by atoms with Gasteiger partial charge in [-0.2, -0.15) is 0 Å². The molecule has 1 unspecified atom stereocenters. The topological polar surface area (TPSA) is 79.0 Å². The van der Waals surface area contributed by atoms with Crippen LogP contribution in [-0.2, 0) is 19.6 Å². The Morgan fingerprint density at radius 2 is 1.93 bits per heavy atom. The number of carbonyl (C=O) groups excluding carboxylic acids is 1. The first kappa shape index (κ1) is 19.9. The standard InChI is InChI=1S/C19H29N3O4S/c1-27(24,25)22(13-10-19(23)20-15-18-5-4-14-26-18)17-8-6-16(7-9-17)21-11-2-3-12-21/h6-9,18H,2-5,10-15H2,1H3,(H,20,23). The highest BCUT2D eigenvalue weighted by Crippen LogP contribution is 2.25. The number of hydrogen-bond donors (Lipinski definition) is 1. The zero-order valence-corrected chi connectivity index (χ0v) is 16.7. The van der Waals surface area contributed by atoms with Crippen molar-refractivity contribution in [3.8, 4) is 0 Å². The molecule has 1 aromatic carbocycles. The average Bonchev–Trinajstić information content (AvgIpc) is 3.33. The molecule has 27 heavy (non-hydrogen) atoms. The van der Waals surface area contributed by atoms with Crippen LogP contribution in [0, 0.1) is 0 Å². The first-order valence-corrected chi connectivity index (χ1v) is 11.5.